The van der Waals surface area contributed by atoms with E-state index in [0.717, 1.165) is 16.9 Å². The zero-order valence-electron chi connectivity index (χ0n) is 9.20. The van der Waals surface area contributed by atoms with Crippen LogP contribution in [-0.2, 0) is 5.54 Å². The number of hydrogen-bond donors (Lipinski definition) is 3. The van der Waals surface area contributed by atoms with Gasteiger partial charge in [-0.15, -0.1) is 0 Å². The molecule has 1 aromatic heterocycles. The number of hydrogen-bond acceptors (Lipinski definition) is 3. The van der Waals surface area contributed by atoms with Gasteiger partial charge in [0.1, 0.15) is 11.6 Å². The van der Waals surface area contributed by atoms with Gasteiger partial charge in [-0.2, -0.15) is 0 Å². The van der Waals surface area contributed by atoms with Crippen LogP contribution >= 0.6 is 0 Å². The second-order valence-electron chi connectivity index (χ2n) is 4.84. The summed E-state index contributed by atoms with van der Waals surface area (Å²) < 4.78 is 0. The van der Waals surface area contributed by atoms with Crippen LogP contribution in [0.1, 0.15) is 25.6 Å². The van der Waals surface area contributed by atoms with Crippen LogP contribution in [0.2, 0.25) is 0 Å². The molecule has 0 saturated heterocycles. The van der Waals surface area contributed by atoms with Crippen LogP contribution in [-0.4, -0.2) is 15.1 Å². The van der Waals surface area contributed by atoms with Gasteiger partial charge in [-0.3, -0.25) is 0 Å². The van der Waals surface area contributed by atoms with Gasteiger partial charge in [-0.05, 0) is 37.8 Å². The normalized spacial score (nSPS) is 19.9. The molecule has 1 aliphatic rings. The third-order valence-electron chi connectivity index (χ3n) is 3.40. The SMILES string of the molecule is CC(N)(c1nc2ccc(O)cc2[nH]1)C1CC1. The second kappa shape index (κ2) is 2.98. The van der Waals surface area contributed by atoms with Crippen molar-refractivity contribution in [3.63, 3.8) is 0 Å². The van der Waals surface area contributed by atoms with Gasteiger partial charge in [0.25, 0.3) is 0 Å². The number of nitrogens with two attached hydrogens (primary N) is 1. The van der Waals surface area contributed by atoms with Crippen molar-refractivity contribution in [1.82, 2.24) is 9.97 Å². The number of nitrogens with zero attached hydrogens (tertiary/aromatic N) is 1. The molecule has 0 aliphatic heterocycles. The summed E-state index contributed by atoms with van der Waals surface area (Å²) >= 11 is 0. The number of rotatable bonds is 2. The first-order valence-corrected chi connectivity index (χ1v) is 5.55. The van der Waals surface area contributed by atoms with E-state index >= 15 is 0 Å². The molecule has 1 aliphatic carbocycles. The van der Waals surface area contributed by atoms with E-state index in [2.05, 4.69) is 9.97 Å². The predicted octanol–water partition coefficient (Wildman–Crippen LogP) is 1.85. The van der Waals surface area contributed by atoms with E-state index in [1.807, 2.05) is 6.92 Å². The number of aromatic nitrogens is 2. The average Bonchev–Trinajstić information content (AvgIpc) is 2.99. The van der Waals surface area contributed by atoms with Crippen molar-refractivity contribution in [3.8, 4) is 5.75 Å². The lowest BCUT2D eigenvalue weighted by molar-refractivity contribution is 0.405. The van der Waals surface area contributed by atoms with Crippen molar-refractivity contribution in [3.05, 3.63) is 24.0 Å². The van der Waals surface area contributed by atoms with Crippen molar-refractivity contribution in [2.24, 2.45) is 11.7 Å². The predicted molar refractivity (Wildman–Crippen MR) is 62.0 cm³/mol. The van der Waals surface area contributed by atoms with E-state index in [1.54, 1.807) is 18.2 Å². The lowest BCUT2D eigenvalue weighted by Crippen LogP contribution is -2.36. The molecule has 1 unspecified atom stereocenters. The molecule has 1 atom stereocenters. The quantitative estimate of drug-likeness (QED) is 0.718. The Morgan fingerprint density at radius 1 is 1.50 bits per heavy atom. The molecule has 4 N–H and O–H groups in total. The van der Waals surface area contributed by atoms with Gasteiger partial charge >= 0.3 is 0 Å². The van der Waals surface area contributed by atoms with Crippen LogP contribution in [0, 0.1) is 5.92 Å². The first-order chi connectivity index (χ1) is 7.57. The Hall–Kier alpha value is -1.55. The summed E-state index contributed by atoms with van der Waals surface area (Å²) in [6.07, 6.45) is 2.35. The minimum atomic E-state index is -0.380. The number of benzene rings is 1. The van der Waals surface area contributed by atoms with Gasteiger partial charge in [-0.25, -0.2) is 4.98 Å². The van der Waals surface area contributed by atoms with Crippen LogP contribution in [0.25, 0.3) is 11.0 Å². The number of aromatic amines is 1. The Balaban J connectivity index is 2.11. The zero-order valence-corrected chi connectivity index (χ0v) is 9.20. The van der Waals surface area contributed by atoms with Crippen molar-refractivity contribution in [2.75, 3.05) is 0 Å². The maximum absolute atomic E-state index is 9.38. The highest BCUT2D eigenvalue weighted by atomic mass is 16.3. The van der Waals surface area contributed by atoms with Gasteiger partial charge in [0.05, 0.1) is 16.6 Å². The molecule has 4 heteroatoms. The number of aromatic hydroxyl groups is 1. The zero-order chi connectivity index (χ0) is 11.3. The van der Waals surface area contributed by atoms with Crippen LogP contribution < -0.4 is 5.73 Å². The minimum Gasteiger partial charge on any atom is -0.508 e. The lowest BCUT2D eigenvalue weighted by Gasteiger charge is -2.21. The summed E-state index contributed by atoms with van der Waals surface area (Å²) in [5.74, 6) is 1.59. The fourth-order valence-electron chi connectivity index (χ4n) is 2.13. The molecule has 0 radical (unpaired) electrons. The molecule has 4 nitrogen and oxygen atoms in total. The molecule has 1 saturated carbocycles. The number of nitrogens with one attached hydrogen (secondary N) is 1. The van der Waals surface area contributed by atoms with E-state index in [9.17, 15) is 5.11 Å². The fraction of sp³-hybridized carbons (Fsp3) is 0.417. The van der Waals surface area contributed by atoms with Crippen molar-refractivity contribution in [1.29, 1.82) is 0 Å². The molecule has 1 heterocycles. The highest BCUT2D eigenvalue weighted by molar-refractivity contribution is 5.76. The van der Waals surface area contributed by atoms with Gasteiger partial charge < -0.3 is 15.8 Å². The van der Waals surface area contributed by atoms with Crippen LogP contribution in [0.15, 0.2) is 18.2 Å². The highest BCUT2D eigenvalue weighted by Crippen LogP contribution is 2.43. The number of phenols is 1. The standard InChI is InChI=1S/C12H15N3O/c1-12(13,7-2-3-7)11-14-9-5-4-8(16)6-10(9)15-11/h4-7,16H,2-3,13H2,1H3,(H,14,15). The van der Waals surface area contributed by atoms with Crippen LogP contribution in [0.5, 0.6) is 5.75 Å². The van der Waals surface area contributed by atoms with Gasteiger partial charge in [-0.1, -0.05) is 0 Å². The molecule has 0 bridgehead atoms. The van der Waals surface area contributed by atoms with E-state index < -0.39 is 0 Å². The van der Waals surface area contributed by atoms with Crippen LogP contribution in [0.3, 0.4) is 0 Å². The maximum Gasteiger partial charge on any atom is 0.127 e. The molecule has 84 valence electrons. The van der Waals surface area contributed by atoms with Gasteiger partial charge in [0.15, 0.2) is 0 Å². The first kappa shape index (κ1) is 9.66. The second-order valence-corrected chi connectivity index (χ2v) is 4.84. The summed E-state index contributed by atoms with van der Waals surface area (Å²) in [4.78, 5) is 7.70. The molecule has 0 amide bonds. The Bertz CT molecular complexity index is 540. The third kappa shape index (κ3) is 1.38. The molecule has 1 fully saturated rings. The van der Waals surface area contributed by atoms with Gasteiger partial charge in [0.2, 0.25) is 0 Å². The summed E-state index contributed by atoms with van der Waals surface area (Å²) in [5.41, 5.74) is 7.60. The van der Waals surface area contributed by atoms with Crippen molar-refractivity contribution in [2.45, 2.75) is 25.3 Å². The maximum atomic E-state index is 9.38. The molecule has 0 spiro atoms. The number of phenolic OH excluding ortho intramolecular Hbond substituents is 1. The fourth-order valence-corrected chi connectivity index (χ4v) is 2.13. The Kier molecular flexibility index (Phi) is 1.80. The summed E-state index contributed by atoms with van der Waals surface area (Å²) in [7, 11) is 0. The first-order valence-electron chi connectivity index (χ1n) is 5.55. The molecular weight excluding hydrogens is 202 g/mol. The number of fused-ring (bicyclic) bond motifs is 1. The van der Waals surface area contributed by atoms with Gasteiger partial charge in [0, 0.05) is 6.07 Å². The molecule has 1 aromatic carbocycles. The van der Waals surface area contributed by atoms with E-state index in [0.29, 0.717) is 5.92 Å². The van der Waals surface area contributed by atoms with Crippen molar-refractivity contribution >= 4 is 11.0 Å². The lowest BCUT2D eigenvalue weighted by atomic mass is 9.97. The molecule has 16 heavy (non-hydrogen) atoms. The average molecular weight is 217 g/mol. The molecule has 3 rings (SSSR count). The Morgan fingerprint density at radius 2 is 2.25 bits per heavy atom. The monoisotopic (exact) mass is 217 g/mol. The van der Waals surface area contributed by atoms with E-state index in [4.69, 9.17) is 5.73 Å². The number of H-pyrrole nitrogens is 1. The van der Waals surface area contributed by atoms with E-state index in [-0.39, 0.29) is 11.3 Å². The topological polar surface area (TPSA) is 74.9 Å². The largest absolute Gasteiger partial charge is 0.508 e. The Labute approximate surface area is 93.5 Å². The summed E-state index contributed by atoms with van der Waals surface area (Å²) in [6.45, 7) is 2.02. The Morgan fingerprint density at radius 3 is 2.94 bits per heavy atom. The molecule has 2 aromatic rings. The summed E-state index contributed by atoms with van der Waals surface area (Å²) in [6, 6.07) is 5.11. The summed E-state index contributed by atoms with van der Waals surface area (Å²) in [5, 5.41) is 9.38. The number of imidazole rings is 1. The highest BCUT2D eigenvalue weighted by Gasteiger charge is 2.41. The molecular formula is C12H15N3O. The van der Waals surface area contributed by atoms with Crippen molar-refractivity contribution < 1.29 is 5.11 Å². The van der Waals surface area contributed by atoms with Crippen LogP contribution in [0.4, 0.5) is 0 Å². The third-order valence-corrected chi connectivity index (χ3v) is 3.40. The minimum absolute atomic E-state index is 0.243. The van der Waals surface area contributed by atoms with E-state index in [1.165, 1.54) is 12.8 Å². The smallest absolute Gasteiger partial charge is 0.127 e.